The smallest absolute Gasteiger partial charge is 0.348 e. The summed E-state index contributed by atoms with van der Waals surface area (Å²) in [5.74, 6) is -1.06. The summed E-state index contributed by atoms with van der Waals surface area (Å²) in [5.41, 5.74) is -0.462. The predicted octanol–water partition coefficient (Wildman–Crippen LogP) is 1.99. The first-order valence-electron chi connectivity index (χ1n) is 4.78. The average molecular weight is 210 g/mol. The average Bonchev–Trinajstić information content (AvgIpc) is 2.56. The Morgan fingerprint density at radius 3 is 3.00 bits per heavy atom. The lowest BCUT2D eigenvalue weighted by atomic mass is 9.95. The van der Waals surface area contributed by atoms with Crippen LogP contribution in [-0.4, -0.2) is 16.7 Å². The van der Waals surface area contributed by atoms with Crippen LogP contribution in [0, 0.1) is 5.82 Å². The summed E-state index contributed by atoms with van der Waals surface area (Å²) in [6.45, 7) is 1.75. The summed E-state index contributed by atoms with van der Waals surface area (Å²) in [4.78, 5) is 11.1. The van der Waals surface area contributed by atoms with Crippen LogP contribution in [0.15, 0.2) is 18.2 Å². The normalized spacial score (nSPS) is 23.3. The molecule has 1 N–H and O–H groups in total. The van der Waals surface area contributed by atoms with Gasteiger partial charge in [0.25, 0.3) is 0 Å². The van der Waals surface area contributed by atoms with E-state index in [0.29, 0.717) is 18.6 Å². The first-order chi connectivity index (χ1) is 7.07. The van der Waals surface area contributed by atoms with Crippen LogP contribution in [0.5, 0.6) is 5.75 Å². The van der Waals surface area contributed by atoms with E-state index in [1.807, 2.05) is 0 Å². The Bertz CT molecular complexity index is 416. The van der Waals surface area contributed by atoms with Crippen molar-refractivity contribution >= 4 is 5.97 Å². The van der Waals surface area contributed by atoms with Crippen molar-refractivity contribution in [2.24, 2.45) is 0 Å². The van der Waals surface area contributed by atoms with Gasteiger partial charge in [0, 0.05) is 12.5 Å². The fourth-order valence-corrected chi connectivity index (χ4v) is 1.79. The quantitative estimate of drug-likeness (QED) is 0.812. The van der Waals surface area contributed by atoms with Gasteiger partial charge in [-0.1, -0.05) is 13.0 Å². The van der Waals surface area contributed by atoms with Gasteiger partial charge < -0.3 is 9.84 Å². The van der Waals surface area contributed by atoms with Gasteiger partial charge in [-0.3, -0.25) is 0 Å². The van der Waals surface area contributed by atoms with E-state index in [4.69, 9.17) is 9.84 Å². The van der Waals surface area contributed by atoms with E-state index in [9.17, 15) is 9.18 Å². The van der Waals surface area contributed by atoms with E-state index < -0.39 is 17.4 Å². The van der Waals surface area contributed by atoms with Crippen LogP contribution in [0.1, 0.15) is 18.9 Å². The van der Waals surface area contributed by atoms with Crippen molar-refractivity contribution in [2.45, 2.75) is 25.4 Å². The van der Waals surface area contributed by atoms with Crippen LogP contribution in [0.4, 0.5) is 4.39 Å². The van der Waals surface area contributed by atoms with Crippen molar-refractivity contribution in [3.8, 4) is 5.75 Å². The first kappa shape index (κ1) is 9.96. The minimum Gasteiger partial charge on any atom is -0.478 e. The summed E-state index contributed by atoms with van der Waals surface area (Å²) in [5, 5.41) is 9.09. The standard InChI is InChI=1S/C11H11FO3/c1-2-11(10(13)14)6-7-3-4-8(12)5-9(7)15-11/h3-5H,2,6H2,1H3,(H,13,14). The number of hydrogen-bond acceptors (Lipinski definition) is 2. The number of carboxylic acids is 1. The van der Waals surface area contributed by atoms with E-state index in [0.717, 1.165) is 5.56 Å². The number of hydrogen-bond donors (Lipinski definition) is 1. The van der Waals surface area contributed by atoms with Gasteiger partial charge in [0.1, 0.15) is 11.6 Å². The Kier molecular flexibility index (Phi) is 2.14. The lowest BCUT2D eigenvalue weighted by Gasteiger charge is -2.21. The second-order valence-electron chi connectivity index (χ2n) is 3.68. The highest BCUT2D eigenvalue weighted by Gasteiger charge is 2.45. The van der Waals surface area contributed by atoms with E-state index in [-0.39, 0.29) is 0 Å². The van der Waals surface area contributed by atoms with E-state index in [1.165, 1.54) is 12.1 Å². The van der Waals surface area contributed by atoms with Gasteiger partial charge in [-0.05, 0) is 18.1 Å². The number of halogens is 1. The summed E-state index contributed by atoms with van der Waals surface area (Å²) in [6.07, 6.45) is 0.660. The molecule has 0 bridgehead atoms. The van der Waals surface area contributed by atoms with Gasteiger partial charge in [0.2, 0.25) is 5.60 Å². The molecular weight excluding hydrogens is 199 g/mol. The molecule has 3 nitrogen and oxygen atoms in total. The molecule has 0 amide bonds. The third-order valence-corrected chi connectivity index (χ3v) is 2.77. The summed E-state index contributed by atoms with van der Waals surface area (Å²) in [7, 11) is 0. The van der Waals surface area contributed by atoms with E-state index in [2.05, 4.69) is 0 Å². The van der Waals surface area contributed by atoms with Gasteiger partial charge in [0.05, 0.1) is 0 Å². The Hall–Kier alpha value is -1.58. The predicted molar refractivity (Wildman–Crippen MR) is 51.4 cm³/mol. The Morgan fingerprint density at radius 1 is 1.67 bits per heavy atom. The number of ether oxygens (including phenoxy) is 1. The van der Waals surface area contributed by atoms with Gasteiger partial charge in [0.15, 0.2) is 0 Å². The second kappa shape index (κ2) is 3.22. The fourth-order valence-electron chi connectivity index (χ4n) is 1.79. The Balaban J connectivity index is 2.39. The van der Waals surface area contributed by atoms with E-state index >= 15 is 0 Å². The highest BCUT2D eigenvalue weighted by Crippen LogP contribution is 2.37. The molecule has 80 valence electrons. The Labute approximate surface area is 86.5 Å². The van der Waals surface area contributed by atoms with E-state index in [1.54, 1.807) is 13.0 Å². The molecule has 1 aromatic carbocycles. The lowest BCUT2D eigenvalue weighted by molar-refractivity contribution is -0.154. The minimum absolute atomic E-state index is 0.300. The molecule has 0 saturated carbocycles. The zero-order valence-electron chi connectivity index (χ0n) is 8.29. The third kappa shape index (κ3) is 1.46. The Morgan fingerprint density at radius 2 is 2.40 bits per heavy atom. The molecule has 2 rings (SSSR count). The SMILES string of the molecule is CCC1(C(=O)O)Cc2ccc(F)cc2O1. The molecule has 15 heavy (non-hydrogen) atoms. The molecule has 1 atom stereocenters. The van der Waals surface area contributed by atoms with Crippen LogP contribution < -0.4 is 4.74 Å². The molecule has 0 fully saturated rings. The molecule has 1 unspecified atom stereocenters. The van der Waals surface area contributed by atoms with Crippen molar-refractivity contribution < 1.29 is 19.0 Å². The van der Waals surface area contributed by atoms with Crippen molar-refractivity contribution in [3.63, 3.8) is 0 Å². The maximum atomic E-state index is 12.9. The van der Waals surface area contributed by atoms with Crippen LogP contribution in [0.25, 0.3) is 0 Å². The van der Waals surface area contributed by atoms with Crippen molar-refractivity contribution in [1.29, 1.82) is 0 Å². The zero-order valence-corrected chi connectivity index (χ0v) is 8.29. The summed E-state index contributed by atoms with van der Waals surface area (Å²) in [6, 6.07) is 4.12. The number of rotatable bonds is 2. The van der Waals surface area contributed by atoms with Crippen LogP contribution >= 0.6 is 0 Å². The molecule has 1 aromatic rings. The first-order valence-corrected chi connectivity index (χ1v) is 4.78. The molecule has 1 heterocycles. The molecule has 4 heteroatoms. The number of benzene rings is 1. The van der Waals surface area contributed by atoms with Gasteiger partial charge >= 0.3 is 5.97 Å². The second-order valence-corrected chi connectivity index (χ2v) is 3.68. The van der Waals surface area contributed by atoms with Crippen molar-refractivity contribution in [1.82, 2.24) is 0 Å². The van der Waals surface area contributed by atoms with Crippen LogP contribution in [-0.2, 0) is 11.2 Å². The zero-order chi connectivity index (χ0) is 11.1. The van der Waals surface area contributed by atoms with Crippen molar-refractivity contribution in [2.75, 3.05) is 0 Å². The molecule has 1 aliphatic heterocycles. The molecule has 0 aliphatic carbocycles. The van der Waals surface area contributed by atoms with Crippen molar-refractivity contribution in [3.05, 3.63) is 29.6 Å². The number of fused-ring (bicyclic) bond motifs is 1. The number of aliphatic carboxylic acids is 1. The van der Waals surface area contributed by atoms with Gasteiger partial charge in [-0.15, -0.1) is 0 Å². The maximum absolute atomic E-state index is 12.9. The molecule has 0 aromatic heterocycles. The highest BCUT2D eigenvalue weighted by atomic mass is 19.1. The monoisotopic (exact) mass is 210 g/mol. The molecule has 0 spiro atoms. The topological polar surface area (TPSA) is 46.5 Å². The minimum atomic E-state index is -1.21. The maximum Gasteiger partial charge on any atom is 0.348 e. The van der Waals surface area contributed by atoms with Crippen LogP contribution in [0.2, 0.25) is 0 Å². The molecular formula is C11H11FO3. The summed E-state index contributed by atoms with van der Waals surface area (Å²) < 4.78 is 18.2. The molecule has 0 saturated heterocycles. The summed E-state index contributed by atoms with van der Waals surface area (Å²) >= 11 is 0. The fraction of sp³-hybridized carbons (Fsp3) is 0.364. The highest BCUT2D eigenvalue weighted by molar-refractivity contribution is 5.79. The molecule has 1 aliphatic rings. The third-order valence-electron chi connectivity index (χ3n) is 2.77. The van der Waals surface area contributed by atoms with Crippen LogP contribution in [0.3, 0.4) is 0 Å². The lowest BCUT2D eigenvalue weighted by Crippen LogP contribution is -2.42. The number of carbonyl (C=O) groups is 1. The van der Waals surface area contributed by atoms with Gasteiger partial charge in [-0.2, -0.15) is 0 Å². The largest absolute Gasteiger partial charge is 0.478 e. The molecule has 0 radical (unpaired) electrons. The number of carboxylic acid groups (broad SMARTS) is 1. The van der Waals surface area contributed by atoms with Gasteiger partial charge in [-0.25, -0.2) is 9.18 Å².